The molecule has 0 atom stereocenters. The van der Waals surface area contributed by atoms with Gasteiger partial charge in [0.05, 0.1) is 5.56 Å². The van der Waals surface area contributed by atoms with Crippen LogP contribution < -0.4 is 5.32 Å². The number of anilines is 1. The van der Waals surface area contributed by atoms with Gasteiger partial charge in [-0.15, -0.1) is 0 Å². The molecule has 5 heteroatoms. The van der Waals surface area contributed by atoms with Crippen molar-refractivity contribution in [3.8, 4) is 11.8 Å². The fourth-order valence-corrected chi connectivity index (χ4v) is 1.64. The molecule has 0 saturated carbocycles. The highest BCUT2D eigenvalue weighted by molar-refractivity contribution is 6.04. The molecule has 0 spiro atoms. The minimum atomic E-state index is -0.546. The van der Waals surface area contributed by atoms with Gasteiger partial charge in [-0.25, -0.2) is 8.78 Å². The van der Waals surface area contributed by atoms with Crippen molar-refractivity contribution in [2.75, 3.05) is 11.9 Å². The molecule has 2 N–H and O–H groups in total. The normalized spacial score (nSPS) is 9.67. The zero-order chi connectivity index (χ0) is 15.2. The quantitative estimate of drug-likeness (QED) is 0.834. The van der Waals surface area contributed by atoms with E-state index in [-0.39, 0.29) is 17.7 Å². The first-order valence-corrected chi connectivity index (χ1v) is 6.06. The summed E-state index contributed by atoms with van der Waals surface area (Å²) in [4.78, 5) is 11.9. The van der Waals surface area contributed by atoms with E-state index in [1.807, 2.05) is 0 Å². The first-order valence-electron chi connectivity index (χ1n) is 6.06. The van der Waals surface area contributed by atoms with Crippen LogP contribution >= 0.6 is 0 Å². The number of benzene rings is 2. The Morgan fingerprint density at radius 3 is 2.52 bits per heavy atom. The molecule has 106 valence electrons. The van der Waals surface area contributed by atoms with Crippen molar-refractivity contribution >= 4 is 11.6 Å². The lowest BCUT2D eigenvalue weighted by Crippen LogP contribution is -2.12. The highest BCUT2D eigenvalue weighted by Crippen LogP contribution is 2.15. The van der Waals surface area contributed by atoms with E-state index in [2.05, 4.69) is 17.2 Å². The minimum Gasteiger partial charge on any atom is -0.384 e. The molecule has 0 aliphatic carbocycles. The Kier molecular flexibility index (Phi) is 4.64. The van der Waals surface area contributed by atoms with Gasteiger partial charge in [0.1, 0.15) is 18.2 Å². The summed E-state index contributed by atoms with van der Waals surface area (Å²) in [5, 5.41) is 11.2. The van der Waals surface area contributed by atoms with Crippen molar-refractivity contribution in [1.29, 1.82) is 0 Å². The first kappa shape index (κ1) is 14.7. The second-order valence-electron chi connectivity index (χ2n) is 4.12. The van der Waals surface area contributed by atoms with Crippen LogP contribution in [-0.4, -0.2) is 17.6 Å². The van der Waals surface area contributed by atoms with Gasteiger partial charge in [-0.05, 0) is 42.5 Å². The first-order chi connectivity index (χ1) is 10.1. The molecule has 1 amide bonds. The average molecular weight is 287 g/mol. The van der Waals surface area contributed by atoms with Crippen LogP contribution in [0, 0.1) is 23.5 Å². The topological polar surface area (TPSA) is 49.3 Å². The maximum Gasteiger partial charge on any atom is 0.255 e. The van der Waals surface area contributed by atoms with Gasteiger partial charge in [-0.2, -0.15) is 0 Å². The Balaban J connectivity index is 2.19. The van der Waals surface area contributed by atoms with Crippen molar-refractivity contribution in [2.45, 2.75) is 0 Å². The van der Waals surface area contributed by atoms with E-state index in [1.165, 1.54) is 42.5 Å². The van der Waals surface area contributed by atoms with Gasteiger partial charge in [0.2, 0.25) is 0 Å². The number of nitrogens with one attached hydrogen (secondary N) is 1. The third-order valence-corrected chi connectivity index (χ3v) is 2.63. The third kappa shape index (κ3) is 3.88. The lowest BCUT2D eigenvalue weighted by molar-refractivity contribution is 0.102. The Labute approximate surface area is 120 Å². The minimum absolute atomic E-state index is 0.0703. The van der Waals surface area contributed by atoms with E-state index in [0.717, 1.165) is 0 Å². The van der Waals surface area contributed by atoms with Gasteiger partial charge in [0.25, 0.3) is 5.91 Å². The molecule has 0 heterocycles. The molecular weight excluding hydrogens is 276 g/mol. The molecule has 0 radical (unpaired) electrons. The maximum absolute atomic E-state index is 13.5. The number of carbonyl (C=O) groups is 1. The third-order valence-electron chi connectivity index (χ3n) is 2.63. The van der Waals surface area contributed by atoms with E-state index in [0.29, 0.717) is 5.69 Å². The standard InChI is InChI=1S/C16H11F2NO2/c17-13-5-3-11(4-6-13)16(21)19-14-7-8-15(18)12(10-14)2-1-9-20/h3-8,10,20H,9H2,(H,19,21). The Morgan fingerprint density at radius 2 is 1.86 bits per heavy atom. The molecule has 0 unspecified atom stereocenters. The van der Waals surface area contributed by atoms with E-state index < -0.39 is 17.5 Å². The molecule has 2 aromatic rings. The number of amides is 1. The zero-order valence-electron chi connectivity index (χ0n) is 10.9. The highest BCUT2D eigenvalue weighted by atomic mass is 19.1. The summed E-state index contributed by atoms with van der Waals surface area (Å²) in [5.41, 5.74) is 0.706. The maximum atomic E-state index is 13.5. The van der Waals surface area contributed by atoms with Crippen molar-refractivity contribution in [1.82, 2.24) is 0 Å². The van der Waals surface area contributed by atoms with Crippen LogP contribution in [0.3, 0.4) is 0 Å². The van der Waals surface area contributed by atoms with Crippen molar-refractivity contribution < 1.29 is 18.7 Å². The summed E-state index contributed by atoms with van der Waals surface area (Å²) in [6.07, 6.45) is 0. The second-order valence-corrected chi connectivity index (χ2v) is 4.12. The molecule has 0 bridgehead atoms. The largest absolute Gasteiger partial charge is 0.384 e. The second kappa shape index (κ2) is 6.64. The van der Waals surface area contributed by atoms with E-state index >= 15 is 0 Å². The van der Waals surface area contributed by atoms with Crippen molar-refractivity contribution in [2.24, 2.45) is 0 Å². The molecule has 2 aromatic carbocycles. The summed E-state index contributed by atoms with van der Waals surface area (Å²) in [6.45, 7) is -0.383. The van der Waals surface area contributed by atoms with Gasteiger partial charge in [-0.3, -0.25) is 4.79 Å². The van der Waals surface area contributed by atoms with Gasteiger partial charge in [0, 0.05) is 11.3 Å². The molecular formula is C16H11F2NO2. The Bertz CT molecular complexity index is 715. The molecule has 21 heavy (non-hydrogen) atoms. The number of carbonyl (C=O) groups excluding carboxylic acids is 1. The predicted octanol–water partition coefficient (Wildman–Crippen LogP) is 2.56. The lowest BCUT2D eigenvalue weighted by Gasteiger charge is -2.06. The van der Waals surface area contributed by atoms with E-state index in [4.69, 9.17) is 5.11 Å². The summed E-state index contributed by atoms with van der Waals surface area (Å²) >= 11 is 0. The van der Waals surface area contributed by atoms with Crippen LogP contribution in [0.4, 0.5) is 14.5 Å². The van der Waals surface area contributed by atoms with Crippen LogP contribution in [0.15, 0.2) is 42.5 Å². The molecule has 3 nitrogen and oxygen atoms in total. The fourth-order valence-electron chi connectivity index (χ4n) is 1.64. The molecule has 0 saturated heterocycles. The SMILES string of the molecule is O=C(Nc1ccc(F)c(C#CCO)c1)c1ccc(F)cc1. The molecule has 0 aliphatic rings. The number of hydrogen-bond donors (Lipinski definition) is 2. The van der Waals surface area contributed by atoms with Crippen molar-refractivity contribution in [3.05, 3.63) is 65.2 Å². The Morgan fingerprint density at radius 1 is 1.14 bits per heavy atom. The molecule has 0 aliphatic heterocycles. The van der Waals surface area contributed by atoms with Gasteiger partial charge >= 0.3 is 0 Å². The van der Waals surface area contributed by atoms with E-state index in [9.17, 15) is 13.6 Å². The highest BCUT2D eigenvalue weighted by Gasteiger charge is 2.08. The van der Waals surface area contributed by atoms with Gasteiger partial charge in [0.15, 0.2) is 0 Å². The molecule has 0 aromatic heterocycles. The zero-order valence-corrected chi connectivity index (χ0v) is 10.9. The number of halogens is 2. The van der Waals surface area contributed by atoms with Crippen LogP contribution in [0.25, 0.3) is 0 Å². The summed E-state index contributed by atoms with van der Waals surface area (Å²) in [6, 6.07) is 8.97. The summed E-state index contributed by atoms with van der Waals surface area (Å²) in [7, 11) is 0. The summed E-state index contributed by atoms with van der Waals surface area (Å²) < 4.78 is 26.2. The number of aliphatic hydroxyl groups excluding tert-OH is 1. The van der Waals surface area contributed by atoms with Crippen LogP contribution in [-0.2, 0) is 0 Å². The van der Waals surface area contributed by atoms with Crippen LogP contribution in [0.1, 0.15) is 15.9 Å². The van der Waals surface area contributed by atoms with Crippen LogP contribution in [0.2, 0.25) is 0 Å². The number of aliphatic hydroxyl groups is 1. The van der Waals surface area contributed by atoms with Gasteiger partial charge in [-0.1, -0.05) is 11.8 Å². The predicted molar refractivity (Wildman–Crippen MR) is 74.7 cm³/mol. The van der Waals surface area contributed by atoms with Crippen molar-refractivity contribution in [3.63, 3.8) is 0 Å². The lowest BCUT2D eigenvalue weighted by atomic mass is 10.1. The smallest absolute Gasteiger partial charge is 0.255 e. The average Bonchev–Trinajstić information content (AvgIpc) is 2.48. The fraction of sp³-hybridized carbons (Fsp3) is 0.0625. The number of rotatable bonds is 2. The molecule has 2 rings (SSSR count). The Hall–Kier alpha value is -2.71. The van der Waals surface area contributed by atoms with Gasteiger partial charge < -0.3 is 10.4 Å². The molecule has 0 fully saturated rings. The van der Waals surface area contributed by atoms with E-state index in [1.54, 1.807) is 0 Å². The number of hydrogen-bond acceptors (Lipinski definition) is 2. The summed E-state index contributed by atoms with van der Waals surface area (Å²) in [5.74, 6) is 3.36. The monoisotopic (exact) mass is 287 g/mol. The van der Waals surface area contributed by atoms with Crippen LogP contribution in [0.5, 0.6) is 0 Å².